The van der Waals surface area contributed by atoms with Gasteiger partial charge < -0.3 is 4.90 Å². The van der Waals surface area contributed by atoms with E-state index in [0.29, 0.717) is 0 Å². The van der Waals surface area contributed by atoms with E-state index in [2.05, 4.69) is 12.6 Å². The van der Waals surface area contributed by atoms with Crippen molar-refractivity contribution in [1.82, 2.24) is 4.90 Å². The molecule has 0 N–H and O–H groups in total. The van der Waals surface area contributed by atoms with E-state index < -0.39 is 0 Å². The van der Waals surface area contributed by atoms with E-state index in [1.54, 1.807) is 4.90 Å². The van der Waals surface area contributed by atoms with Gasteiger partial charge in [0.1, 0.15) is 0 Å². The molecule has 2 unspecified atom stereocenters. The zero-order chi connectivity index (χ0) is 8.81. The minimum absolute atomic E-state index is 0.153. The highest BCUT2D eigenvalue weighted by molar-refractivity contribution is 7.81. The first-order valence-corrected chi connectivity index (χ1v) is 4.36. The standard InChI is InChI=1S/C8H15NOS/c1-5-6(11)8(2,3)7(10)9(5)4/h5-6,11H,1-4H3. The maximum absolute atomic E-state index is 11.5. The normalized spacial score (nSPS) is 36.5. The van der Waals surface area contributed by atoms with E-state index in [1.807, 2.05) is 27.8 Å². The zero-order valence-electron chi connectivity index (χ0n) is 7.46. The first-order valence-electron chi connectivity index (χ1n) is 3.84. The van der Waals surface area contributed by atoms with Crippen LogP contribution in [0, 0.1) is 5.41 Å². The van der Waals surface area contributed by atoms with Gasteiger partial charge in [-0.2, -0.15) is 12.6 Å². The molecule has 0 aromatic carbocycles. The van der Waals surface area contributed by atoms with Crippen LogP contribution in [0.5, 0.6) is 0 Å². The largest absolute Gasteiger partial charge is 0.341 e. The number of carbonyl (C=O) groups excluding carboxylic acids is 1. The molecule has 11 heavy (non-hydrogen) atoms. The summed E-state index contributed by atoms with van der Waals surface area (Å²) in [5.41, 5.74) is -0.294. The molecule has 1 saturated heterocycles. The van der Waals surface area contributed by atoms with Crippen molar-refractivity contribution in [3.8, 4) is 0 Å². The van der Waals surface area contributed by atoms with Gasteiger partial charge in [-0.1, -0.05) is 0 Å². The van der Waals surface area contributed by atoms with E-state index in [-0.39, 0.29) is 22.6 Å². The molecule has 0 bridgehead atoms. The Labute approximate surface area is 73.4 Å². The number of hydrogen-bond donors (Lipinski definition) is 1. The molecule has 1 aliphatic heterocycles. The van der Waals surface area contributed by atoms with Gasteiger partial charge in [-0.15, -0.1) is 0 Å². The molecule has 0 radical (unpaired) electrons. The Hall–Kier alpha value is -0.180. The van der Waals surface area contributed by atoms with Crippen LogP contribution in [0.25, 0.3) is 0 Å². The fourth-order valence-corrected chi connectivity index (χ4v) is 1.89. The molecule has 1 fully saturated rings. The van der Waals surface area contributed by atoms with Gasteiger partial charge in [0.2, 0.25) is 5.91 Å². The highest BCUT2D eigenvalue weighted by atomic mass is 32.1. The van der Waals surface area contributed by atoms with Crippen LogP contribution in [-0.4, -0.2) is 29.1 Å². The van der Waals surface area contributed by atoms with Gasteiger partial charge in [0.15, 0.2) is 0 Å². The van der Waals surface area contributed by atoms with Crippen molar-refractivity contribution < 1.29 is 4.79 Å². The van der Waals surface area contributed by atoms with Crippen molar-refractivity contribution in [2.24, 2.45) is 5.41 Å². The lowest BCUT2D eigenvalue weighted by molar-refractivity contribution is -0.133. The Morgan fingerprint density at radius 3 is 2.09 bits per heavy atom. The summed E-state index contributed by atoms with van der Waals surface area (Å²) < 4.78 is 0. The minimum atomic E-state index is -0.294. The Balaban J connectivity index is 2.96. The summed E-state index contributed by atoms with van der Waals surface area (Å²) >= 11 is 4.42. The zero-order valence-corrected chi connectivity index (χ0v) is 8.35. The highest BCUT2D eigenvalue weighted by Crippen LogP contribution is 2.37. The number of hydrogen-bond acceptors (Lipinski definition) is 2. The maximum Gasteiger partial charge on any atom is 0.229 e. The molecule has 1 heterocycles. The molecular formula is C8H15NOS. The lowest BCUT2D eigenvalue weighted by Gasteiger charge is -2.19. The van der Waals surface area contributed by atoms with Crippen molar-refractivity contribution in [3.63, 3.8) is 0 Å². The number of thiol groups is 1. The number of nitrogens with zero attached hydrogens (tertiary/aromatic N) is 1. The molecule has 1 amide bonds. The van der Waals surface area contributed by atoms with E-state index >= 15 is 0 Å². The van der Waals surface area contributed by atoms with E-state index in [0.717, 1.165) is 0 Å². The molecule has 2 atom stereocenters. The topological polar surface area (TPSA) is 20.3 Å². The summed E-state index contributed by atoms with van der Waals surface area (Å²) in [5, 5.41) is 0.153. The van der Waals surface area contributed by atoms with Gasteiger partial charge in [-0.25, -0.2) is 0 Å². The van der Waals surface area contributed by atoms with Crippen LogP contribution in [0.15, 0.2) is 0 Å². The highest BCUT2D eigenvalue weighted by Gasteiger charge is 2.48. The van der Waals surface area contributed by atoms with Crippen LogP contribution in [0.4, 0.5) is 0 Å². The average molecular weight is 173 g/mol. The Kier molecular flexibility index (Phi) is 1.95. The van der Waals surface area contributed by atoms with Gasteiger partial charge in [-0.3, -0.25) is 4.79 Å². The first kappa shape index (κ1) is 8.91. The number of carbonyl (C=O) groups is 1. The van der Waals surface area contributed by atoms with E-state index in [9.17, 15) is 4.79 Å². The molecule has 3 heteroatoms. The third-order valence-electron chi connectivity index (χ3n) is 2.68. The van der Waals surface area contributed by atoms with E-state index in [4.69, 9.17) is 0 Å². The lowest BCUT2D eigenvalue weighted by Crippen LogP contribution is -2.30. The molecule has 0 saturated carbocycles. The second-order valence-electron chi connectivity index (χ2n) is 3.82. The van der Waals surface area contributed by atoms with Crippen LogP contribution in [-0.2, 0) is 4.79 Å². The summed E-state index contributed by atoms with van der Waals surface area (Å²) in [7, 11) is 1.84. The van der Waals surface area contributed by atoms with E-state index in [1.165, 1.54) is 0 Å². The fourth-order valence-electron chi connectivity index (χ4n) is 1.58. The second kappa shape index (κ2) is 2.41. The molecule has 0 aromatic heterocycles. The van der Waals surface area contributed by atoms with Gasteiger partial charge in [0, 0.05) is 18.3 Å². The van der Waals surface area contributed by atoms with Crippen LogP contribution in [0.3, 0.4) is 0 Å². The molecule has 0 spiro atoms. The van der Waals surface area contributed by atoms with Gasteiger partial charge in [-0.05, 0) is 20.8 Å². The number of amides is 1. The Bertz CT molecular complexity index is 191. The van der Waals surface area contributed by atoms with Crippen LogP contribution in [0.2, 0.25) is 0 Å². The van der Waals surface area contributed by atoms with Crippen molar-refractivity contribution in [1.29, 1.82) is 0 Å². The lowest BCUT2D eigenvalue weighted by atomic mass is 9.89. The smallest absolute Gasteiger partial charge is 0.229 e. The summed E-state index contributed by atoms with van der Waals surface area (Å²) in [6.07, 6.45) is 0. The second-order valence-corrected chi connectivity index (χ2v) is 4.38. The van der Waals surface area contributed by atoms with Crippen LogP contribution >= 0.6 is 12.6 Å². The summed E-state index contributed by atoms with van der Waals surface area (Å²) in [6.45, 7) is 5.93. The number of rotatable bonds is 0. The third kappa shape index (κ3) is 1.06. The molecule has 2 nitrogen and oxygen atoms in total. The Morgan fingerprint density at radius 1 is 1.55 bits per heavy atom. The maximum atomic E-state index is 11.5. The van der Waals surface area contributed by atoms with Crippen LogP contribution < -0.4 is 0 Å². The van der Waals surface area contributed by atoms with Crippen molar-refractivity contribution >= 4 is 18.5 Å². The summed E-state index contributed by atoms with van der Waals surface area (Å²) in [5.74, 6) is 0.199. The molecule has 1 rings (SSSR count). The molecule has 0 aliphatic carbocycles. The third-order valence-corrected chi connectivity index (χ3v) is 3.76. The van der Waals surface area contributed by atoms with Crippen molar-refractivity contribution in [2.45, 2.75) is 32.1 Å². The number of likely N-dealkylation sites (tertiary alicyclic amines) is 1. The van der Waals surface area contributed by atoms with Gasteiger partial charge >= 0.3 is 0 Å². The monoisotopic (exact) mass is 173 g/mol. The first-order chi connectivity index (χ1) is 4.89. The van der Waals surface area contributed by atoms with Crippen LogP contribution in [0.1, 0.15) is 20.8 Å². The average Bonchev–Trinajstić information content (AvgIpc) is 2.06. The molecule has 64 valence electrons. The molecular weight excluding hydrogens is 158 g/mol. The predicted molar refractivity (Wildman–Crippen MR) is 48.8 cm³/mol. The van der Waals surface area contributed by atoms with Gasteiger partial charge in [0.25, 0.3) is 0 Å². The minimum Gasteiger partial charge on any atom is -0.341 e. The SMILES string of the molecule is CC1C(S)C(C)(C)C(=O)N1C. The van der Waals surface area contributed by atoms with Crippen molar-refractivity contribution in [3.05, 3.63) is 0 Å². The quantitative estimate of drug-likeness (QED) is 0.545. The molecule has 1 aliphatic rings. The van der Waals surface area contributed by atoms with Crippen molar-refractivity contribution in [2.75, 3.05) is 7.05 Å². The Morgan fingerprint density at radius 2 is 2.00 bits per heavy atom. The van der Waals surface area contributed by atoms with Gasteiger partial charge in [0.05, 0.1) is 5.41 Å². The summed E-state index contributed by atoms with van der Waals surface area (Å²) in [4.78, 5) is 13.3. The fraction of sp³-hybridized carbons (Fsp3) is 0.875. The molecule has 0 aromatic rings. The summed E-state index contributed by atoms with van der Waals surface area (Å²) in [6, 6.07) is 0.251. The predicted octanol–water partition coefficient (Wildman–Crippen LogP) is 1.17.